The number of alkyl halides is 1. The van der Waals surface area contributed by atoms with E-state index < -0.39 is 6.17 Å². The van der Waals surface area contributed by atoms with Crippen LogP contribution in [0.3, 0.4) is 0 Å². The van der Waals surface area contributed by atoms with Crippen LogP contribution >= 0.6 is 0 Å². The zero-order valence-electron chi connectivity index (χ0n) is 16.3. The summed E-state index contributed by atoms with van der Waals surface area (Å²) >= 11 is 0. The highest BCUT2D eigenvalue weighted by Gasteiger charge is 2.37. The number of hydrogen-bond donors (Lipinski definition) is 2. The first kappa shape index (κ1) is 17.6. The smallest absolute Gasteiger partial charge is 0.243 e. The molecule has 0 unspecified atom stereocenters. The molecular formula is C20H22FN9. The van der Waals surface area contributed by atoms with Crippen LogP contribution in [0.15, 0.2) is 36.8 Å². The summed E-state index contributed by atoms with van der Waals surface area (Å²) in [6, 6.07) is 5.90. The van der Waals surface area contributed by atoms with Crippen molar-refractivity contribution < 1.29 is 4.39 Å². The van der Waals surface area contributed by atoms with Gasteiger partial charge in [0, 0.05) is 43.2 Å². The molecule has 5 heterocycles. The predicted molar refractivity (Wildman–Crippen MR) is 111 cm³/mol. The van der Waals surface area contributed by atoms with Gasteiger partial charge in [0.15, 0.2) is 11.5 Å². The monoisotopic (exact) mass is 407 g/mol. The molecule has 2 fully saturated rings. The maximum Gasteiger partial charge on any atom is 0.243 e. The molecule has 2 atom stereocenters. The van der Waals surface area contributed by atoms with Crippen molar-refractivity contribution in [2.75, 3.05) is 24.1 Å². The zero-order chi connectivity index (χ0) is 20.2. The van der Waals surface area contributed by atoms with E-state index in [9.17, 15) is 4.39 Å². The van der Waals surface area contributed by atoms with Crippen molar-refractivity contribution >= 4 is 22.9 Å². The van der Waals surface area contributed by atoms with Gasteiger partial charge in [0.1, 0.15) is 11.7 Å². The highest BCUT2D eigenvalue weighted by atomic mass is 19.1. The molecule has 10 heteroatoms. The molecule has 1 aliphatic carbocycles. The molecular weight excluding hydrogens is 385 g/mol. The average Bonchev–Trinajstić information content (AvgIpc) is 3.32. The van der Waals surface area contributed by atoms with Gasteiger partial charge in [0.2, 0.25) is 5.95 Å². The van der Waals surface area contributed by atoms with Gasteiger partial charge in [-0.3, -0.25) is 4.90 Å². The fourth-order valence-corrected chi connectivity index (χ4v) is 4.31. The van der Waals surface area contributed by atoms with E-state index >= 15 is 0 Å². The van der Waals surface area contributed by atoms with Crippen molar-refractivity contribution in [2.24, 2.45) is 0 Å². The van der Waals surface area contributed by atoms with E-state index in [0.717, 1.165) is 29.9 Å². The lowest BCUT2D eigenvalue weighted by molar-refractivity contribution is 0.120. The molecule has 0 bridgehead atoms. The summed E-state index contributed by atoms with van der Waals surface area (Å²) in [5.74, 6) is 0.669. The van der Waals surface area contributed by atoms with Gasteiger partial charge in [-0.15, -0.1) is 5.10 Å². The lowest BCUT2D eigenvalue weighted by atomic mass is 10.0. The molecule has 1 aliphatic heterocycles. The van der Waals surface area contributed by atoms with E-state index in [2.05, 4.69) is 30.4 Å². The quantitative estimate of drug-likeness (QED) is 0.534. The molecule has 0 aromatic carbocycles. The van der Waals surface area contributed by atoms with Crippen LogP contribution < -0.4 is 11.1 Å². The molecule has 3 N–H and O–H groups in total. The van der Waals surface area contributed by atoms with Crippen molar-refractivity contribution in [3.63, 3.8) is 0 Å². The highest BCUT2D eigenvalue weighted by molar-refractivity contribution is 5.86. The van der Waals surface area contributed by atoms with Gasteiger partial charge >= 0.3 is 0 Å². The van der Waals surface area contributed by atoms with Crippen LogP contribution in [0.5, 0.6) is 0 Å². The lowest BCUT2D eigenvalue weighted by Crippen LogP contribution is -2.48. The Hall–Kier alpha value is -3.27. The Labute approximate surface area is 171 Å². The summed E-state index contributed by atoms with van der Waals surface area (Å²) in [6.07, 6.45) is 7.53. The third-order valence-electron chi connectivity index (χ3n) is 6.02. The van der Waals surface area contributed by atoms with E-state index in [1.807, 2.05) is 30.6 Å². The number of nitrogens with one attached hydrogen (secondary N) is 1. The summed E-state index contributed by atoms with van der Waals surface area (Å²) in [6.45, 7) is 1.37. The molecule has 0 spiro atoms. The third kappa shape index (κ3) is 2.95. The number of fused-ring (bicyclic) bond motifs is 2. The first-order valence-electron chi connectivity index (χ1n) is 10.3. The van der Waals surface area contributed by atoms with Crippen LogP contribution in [0.25, 0.3) is 22.4 Å². The number of piperidine rings is 1. The molecule has 0 amide bonds. The van der Waals surface area contributed by atoms with Crippen LogP contribution in [0.4, 0.5) is 16.2 Å². The first-order valence-corrected chi connectivity index (χ1v) is 10.3. The van der Waals surface area contributed by atoms with E-state index in [1.165, 1.54) is 12.8 Å². The van der Waals surface area contributed by atoms with Gasteiger partial charge in [-0.25, -0.2) is 18.4 Å². The molecule has 4 aromatic heterocycles. The highest BCUT2D eigenvalue weighted by Crippen LogP contribution is 2.31. The van der Waals surface area contributed by atoms with Crippen LogP contribution in [-0.4, -0.2) is 65.4 Å². The topological polar surface area (TPSA) is 102 Å². The van der Waals surface area contributed by atoms with Crippen molar-refractivity contribution in [3.8, 4) is 11.3 Å². The Morgan fingerprint density at radius 3 is 2.77 bits per heavy atom. The maximum absolute atomic E-state index is 14.7. The second kappa shape index (κ2) is 6.63. The van der Waals surface area contributed by atoms with E-state index in [4.69, 9.17) is 5.73 Å². The first-order chi connectivity index (χ1) is 14.7. The largest absolute Gasteiger partial charge is 0.382 e. The second-order valence-corrected chi connectivity index (χ2v) is 8.07. The number of hydrogen-bond acceptors (Lipinski definition) is 7. The summed E-state index contributed by atoms with van der Waals surface area (Å²) < 4.78 is 18.1. The third-order valence-corrected chi connectivity index (χ3v) is 6.02. The number of halogens is 1. The standard InChI is InChI=1S/C20H22FN9/c21-14-11-28(12-1-2-12)8-5-16(14)25-20-26-19(22)18-13(4-9-30(18)27-20)15-6-10-29-17(24-15)3-7-23-29/h3-4,6-7,9-10,12,14,16H,1-2,5,8,11H2,(H3,22,25,26,27)/t14-,16+/m1/s1. The Morgan fingerprint density at radius 1 is 1.07 bits per heavy atom. The summed E-state index contributed by atoms with van der Waals surface area (Å²) in [5, 5.41) is 11.8. The predicted octanol–water partition coefficient (Wildman–Crippen LogP) is 2.01. The average molecular weight is 407 g/mol. The number of rotatable bonds is 4. The Kier molecular flexibility index (Phi) is 3.88. The van der Waals surface area contributed by atoms with Crippen LogP contribution in [0, 0.1) is 0 Å². The number of likely N-dealkylation sites (tertiary alicyclic amines) is 1. The van der Waals surface area contributed by atoms with E-state index in [-0.39, 0.29) is 6.04 Å². The number of nitrogens with two attached hydrogens (primary N) is 1. The van der Waals surface area contributed by atoms with Crippen LogP contribution in [0.1, 0.15) is 19.3 Å². The molecule has 2 aliphatic rings. The summed E-state index contributed by atoms with van der Waals surface area (Å²) in [5.41, 5.74) is 9.31. The van der Waals surface area contributed by atoms with Crippen molar-refractivity contribution in [3.05, 3.63) is 36.8 Å². The molecule has 6 rings (SSSR count). The molecule has 1 saturated heterocycles. The SMILES string of the molecule is Nc1nc(N[C@H]2CCN(C3CC3)C[C@H]2F)nn2ccc(-c3ccn4nccc4n3)c12. The molecule has 9 nitrogen and oxygen atoms in total. The van der Waals surface area contributed by atoms with Gasteiger partial charge in [-0.05, 0) is 31.4 Å². The molecule has 1 saturated carbocycles. The van der Waals surface area contributed by atoms with Gasteiger partial charge in [-0.2, -0.15) is 10.1 Å². The number of nitrogen functional groups attached to an aromatic ring is 1. The van der Waals surface area contributed by atoms with Crippen molar-refractivity contribution in [2.45, 2.75) is 37.5 Å². The normalized spacial score (nSPS) is 22.7. The Morgan fingerprint density at radius 2 is 1.93 bits per heavy atom. The number of anilines is 2. The van der Waals surface area contributed by atoms with E-state index in [1.54, 1.807) is 15.2 Å². The van der Waals surface area contributed by atoms with Gasteiger partial charge in [-0.1, -0.05) is 0 Å². The Bertz CT molecular complexity index is 1230. The fourth-order valence-electron chi connectivity index (χ4n) is 4.31. The van der Waals surface area contributed by atoms with Gasteiger partial charge in [0.25, 0.3) is 0 Å². The molecule has 30 heavy (non-hydrogen) atoms. The minimum atomic E-state index is -0.952. The summed E-state index contributed by atoms with van der Waals surface area (Å²) in [7, 11) is 0. The van der Waals surface area contributed by atoms with E-state index in [0.29, 0.717) is 29.9 Å². The van der Waals surface area contributed by atoms with Crippen LogP contribution in [-0.2, 0) is 0 Å². The van der Waals surface area contributed by atoms with Gasteiger partial charge < -0.3 is 11.1 Å². The fraction of sp³-hybridized carbons (Fsp3) is 0.400. The minimum absolute atomic E-state index is 0.308. The zero-order valence-corrected chi connectivity index (χ0v) is 16.3. The number of aromatic nitrogens is 6. The summed E-state index contributed by atoms with van der Waals surface area (Å²) in [4.78, 5) is 11.3. The van der Waals surface area contributed by atoms with Crippen molar-refractivity contribution in [1.29, 1.82) is 0 Å². The van der Waals surface area contributed by atoms with Gasteiger partial charge in [0.05, 0.1) is 17.9 Å². The van der Waals surface area contributed by atoms with Crippen molar-refractivity contribution in [1.82, 2.24) is 34.1 Å². The lowest BCUT2D eigenvalue weighted by Gasteiger charge is -2.35. The number of nitrogens with zero attached hydrogens (tertiary/aromatic N) is 7. The molecule has 4 aromatic rings. The molecule has 0 radical (unpaired) electrons. The second-order valence-electron chi connectivity index (χ2n) is 8.07. The van der Waals surface area contributed by atoms with Crippen LogP contribution in [0.2, 0.25) is 0 Å². The maximum atomic E-state index is 14.7. The Balaban J connectivity index is 1.28. The minimum Gasteiger partial charge on any atom is -0.382 e. The molecule has 154 valence electrons.